The van der Waals surface area contributed by atoms with Crippen molar-refractivity contribution in [3.8, 4) is 0 Å². The zero-order valence-electron chi connectivity index (χ0n) is 15.8. The van der Waals surface area contributed by atoms with Crippen LogP contribution in [0.3, 0.4) is 0 Å². The van der Waals surface area contributed by atoms with E-state index in [-0.39, 0.29) is 5.91 Å². The molecular weight excluding hydrogens is 330 g/mol. The summed E-state index contributed by atoms with van der Waals surface area (Å²) in [5.41, 5.74) is 1.95. The molecule has 2 aromatic rings. The Bertz CT molecular complexity index is 728. The van der Waals surface area contributed by atoms with Crippen molar-refractivity contribution in [2.24, 2.45) is 0 Å². The topological polar surface area (TPSA) is 75.4 Å². The van der Waals surface area contributed by atoms with Crippen LogP contribution in [-0.2, 0) is 17.8 Å². The van der Waals surface area contributed by atoms with E-state index in [1.807, 2.05) is 24.0 Å². The van der Waals surface area contributed by atoms with Gasteiger partial charge in [0.05, 0.1) is 13.0 Å². The summed E-state index contributed by atoms with van der Waals surface area (Å²) in [6.07, 6.45) is 5.27. The molecule has 7 nitrogen and oxygen atoms in total. The van der Waals surface area contributed by atoms with E-state index in [2.05, 4.69) is 27.1 Å². The molecule has 1 saturated heterocycles. The third kappa shape index (κ3) is 4.88. The Morgan fingerprint density at radius 1 is 1.31 bits per heavy atom. The maximum atomic E-state index is 12.6. The van der Waals surface area contributed by atoms with Crippen LogP contribution in [0.2, 0.25) is 0 Å². The zero-order valence-corrected chi connectivity index (χ0v) is 15.8. The summed E-state index contributed by atoms with van der Waals surface area (Å²) in [7, 11) is 2.09. The van der Waals surface area contributed by atoms with Gasteiger partial charge >= 0.3 is 0 Å². The molecule has 1 aliphatic heterocycles. The molecule has 140 valence electrons. The normalized spacial score (nSPS) is 18.2. The number of pyridine rings is 1. The highest BCUT2D eigenvalue weighted by atomic mass is 16.5. The summed E-state index contributed by atoms with van der Waals surface area (Å²) in [5.74, 6) is 1.50. The number of carbonyl (C=O) groups is 1. The zero-order chi connectivity index (χ0) is 18.5. The molecular formula is C19H27N5O2. The molecule has 1 amide bonds. The Morgan fingerprint density at radius 3 is 2.85 bits per heavy atom. The van der Waals surface area contributed by atoms with E-state index in [0.717, 1.165) is 43.6 Å². The van der Waals surface area contributed by atoms with Crippen LogP contribution in [0.1, 0.15) is 42.2 Å². The molecule has 0 spiro atoms. The van der Waals surface area contributed by atoms with Crippen molar-refractivity contribution in [1.82, 2.24) is 24.9 Å². The van der Waals surface area contributed by atoms with Gasteiger partial charge in [-0.1, -0.05) is 11.2 Å². The van der Waals surface area contributed by atoms with Crippen molar-refractivity contribution in [2.75, 3.05) is 20.1 Å². The SMILES string of the molecule is Cc1ccc(CC(=O)N2CCCC(N(C)Cc3noc(C)n3)CC2)cn1. The highest BCUT2D eigenvalue weighted by Gasteiger charge is 2.24. The van der Waals surface area contributed by atoms with Crippen LogP contribution in [-0.4, -0.2) is 57.0 Å². The summed E-state index contributed by atoms with van der Waals surface area (Å²) < 4.78 is 5.04. The second-order valence-electron chi connectivity index (χ2n) is 7.09. The van der Waals surface area contributed by atoms with E-state index in [1.165, 1.54) is 0 Å². The molecule has 3 rings (SSSR count). The minimum Gasteiger partial charge on any atom is -0.342 e. The molecule has 1 fully saturated rings. The molecule has 26 heavy (non-hydrogen) atoms. The van der Waals surface area contributed by atoms with Gasteiger partial charge in [0, 0.05) is 37.9 Å². The first kappa shape index (κ1) is 18.5. The first-order valence-electron chi connectivity index (χ1n) is 9.20. The number of aromatic nitrogens is 3. The third-order valence-corrected chi connectivity index (χ3v) is 4.96. The van der Waals surface area contributed by atoms with Crippen molar-refractivity contribution in [3.05, 3.63) is 41.3 Å². The molecule has 1 unspecified atom stereocenters. The maximum Gasteiger partial charge on any atom is 0.227 e. The molecule has 3 heterocycles. The molecule has 0 N–H and O–H groups in total. The molecule has 0 saturated carbocycles. The largest absolute Gasteiger partial charge is 0.342 e. The number of rotatable bonds is 5. The Morgan fingerprint density at radius 2 is 2.15 bits per heavy atom. The fourth-order valence-corrected chi connectivity index (χ4v) is 3.42. The summed E-state index contributed by atoms with van der Waals surface area (Å²) in [6, 6.07) is 4.37. The predicted octanol–water partition coefficient (Wildman–Crippen LogP) is 2.14. The highest BCUT2D eigenvalue weighted by Crippen LogP contribution is 2.18. The standard InChI is InChI=1S/C19H27N5O2/c1-14-6-7-16(12-20-14)11-19(25)24-9-4-5-17(8-10-24)23(3)13-18-21-15(2)26-22-18/h6-7,12,17H,4-5,8-11,13H2,1-3H3. The fourth-order valence-electron chi connectivity index (χ4n) is 3.42. The van der Waals surface area contributed by atoms with Gasteiger partial charge in [0.2, 0.25) is 11.8 Å². The number of hydrogen-bond acceptors (Lipinski definition) is 6. The van der Waals surface area contributed by atoms with Crippen LogP contribution in [0.5, 0.6) is 0 Å². The molecule has 0 aliphatic carbocycles. The molecule has 0 bridgehead atoms. The van der Waals surface area contributed by atoms with Crippen molar-refractivity contribution < 1.29 is 9.32 Å². The summed E-state index contributed by atoms with van der Waals surface area (Å²) in [4.78, 5) is 25.4. The number of amides is 1. The predicted molar refractivity (Wildman–Crippen MR) is 97.4 cm³/mol. The lowest BCUT2D eigenvalue weighted by Gasteiger charge is -2.26. The van der Waals surface area contributed by atoms with Crippen molar-refractivity contribution in [1.29, 1.82) is 0 Å². The van der Waals surface area contributed by atoms with Gasteiger partial charge in [-0.25, -0.2) is 0 Å². The minimum absolute atomic E-state index is 0.188. The van der Waals surface area contributed by atoms with Crippen molar-refractivity contribution in [3.63, 3.8) is 0 Å². The van der Waals surface area contributed by atoms with Gasteiger partial charge in [0.25, 0.3) is 0 Å². The number of nitrogens with zero attached hydrogens (tertiary/aromatic N) is 5. The second-order valence-corrected chi connectivity index (χ2v) is 7.09. The monoisotopic (exact) mass is 357 g/mol. The smallest absolute Gasteiger partial charge is 0.227 e. The summed E-state index contributed by atoms with van der Waals surface area (Å²) in [5, 5.41) is 3.97. The van der Waals surface area contributed by atoms with Gasteiger partial charge < -0.3 is 9.42 Å². The number of likely N-dealkylation sites (tertiary alicyclic amines) is 1. The average molecular weight is 357 g/mol. The lowest BCUT2D eigenvalue weighted by molar-refractivity contribution is -0.130. The molecule has 0 aromatic carbocycles. The van der Waals surface area contributed by atoms with E-state index in [0.29, 0.717) is 30.7 Å². The van der Waals surface area contributed by atoms with Crippen LogP contribution in [0, 0.1) is 13.8 Å². The van der Waals surface area contributed by atoms with Crippen LogP contribution >= 0.6 is 0 Å². The Kier molecular flexibility index (Phi) is 5.98. The second kappa shape index (κ2) is 8.40. The number of hydrogen-bond donors (Lipinski definition) is 0. The number of carbonyl (C=O) groups excluding carboxylic acids is 1. The molecule has 2 aromatic heterocycles. The van der Waals surface area contributed by atoms with Gasteiger partial charge in [-0.3, -0.25) is 14.7 Å². The first-order valence-corrected chi connectivity index (χ1v) is 9.20. The lowest BCUT2D eigenvalue weighted by Crippen LogP contribution is -2.35. The van der Waals surface area contributed by atoms with E-state index in [9.17, 15) is 4.79 Å². The van der Waals surface area contributed by atoms with Crippen LogP contribution in [0.15, 0.2) is 22.9 Å². The van der Waals surface area contributed by atoms with Gasteiger partial charge in [-0.15, -0.1) is 0 Å². The fraction of sp³-hybridized carbons (Fsp3) is 0.579. The molecule has 0 radical (unpaired) electrons. The Hall–Kier alpha value is -2.28. The Balaban J connectivity index is 1.52. The van der Waals surface area contributed by atoms with Crippen LogP contribution < -0.4 is 0 Å². The summed E-state index contributed by atoms with van der Waals surface area (Å²) in [6.45, 7) is 6.04. The third-order valence-electron chi connectivity index (χ3n) is 4.96. The van der Waals surface area contributed by atoms with E-state index >= 15 is 0 Å². The summed E-state index contributed by atoms with van der Waals surface area (Å²) >= 11 is 0. The quantitative estimate of drug-likeness (QED) is 0.816. The van der Waals surface area contributed by atoms with Gasteiger partial charge in [0.1, 0.15) is 0 Å². The van der Waals surface area contributed by atoms with Gasteiger partial charge in [-0.2, -0.15) is 4.98 Å². The molecule has 1 atom stereocenters. The highest BCUT2D eigenvalue weighted by molar-refractivity contribution is 5.78. The van der Waals surface area contributed by atoms with Gasteiger partial charge in [0.15, 0.2) is 5.82 Å². The van der Waals surface area contributed by atoms with Crippen molar-refractivity contribution >= 4 is 5.91 Å². The molecule has 1 aliphatic rings. The minimum atomic E-state index is 0.188. The lowest BCUT2D eigenvalue weighted by atomic mass is 10.1. The number of aryl methyl sites for hydroxylation is 2. The van der Waals surface area contributed by atoms with E-state index < -0.39 is 0 Å². The Labute approximate surface area is 154 Å². The average Bonchev–Trinajstić information content (AvgIpc) is 2.87. The van der Waals surface area contributed by atoms with Crippen molar-refractivity contribution in [2.45, 2.75) is 52.1 Å². The van der Waals surface area contributed by atoms with Crippen LogP contribution in [0.25, 0.3) is 0 Å². The maximum absolute atomic E-state index is 12.6. The van der Waals surface area contributed by atoms with Crippen LogP contribution in [0.4, 0.5) is 0 Å². The molecule has 7 heteroatoms. The van der Waals surface area contributed by atoms with Gasteiger partial charge in [-0.05, 0) is 44.9 Å². The first-order chi connectivity index (χ1) is 12.5. The van der Waals surface area contributed by atoms with E-state index in [4.69, 9.17) is 4.52 Å². The van der Waals surface area contributed by atoms with E-state index in [1.54, 1.807) is 13.1 Å².